The molecule has 0 spiro atoms. The molecule has 0 radical (unpaired) electrons. The Bertz CT molecular complexity index is 1290. The van der Waals surface area contributed by atoms with Crippen LogP contribution in [0.3, 0.4) is 0 Å². The Hall–Kier alpha value is -3.80. The molecule has 3 aromatic carbocycles. The fourth-order valence-corrected chi connectivity index (χ4v) is 4.26. The number of fused-ring (bicyclic) bond motifs is 2. The van der Waals surface area contributed by atoms with Crippen LogP contribution in [0.1, 0.15) is 26.3 Å². The van der Waals surface area contributed by atoms with Crippen molar-refractivity contribution < 1.29 is 9.53 Å². The van der Waals surface area contributed by atoms with E-state index in [4.69, 9.17) is 4.74 Å². The second-order valence-electron chi connectivity index (χ2n) is 9.37. The zero-order valence-electron chi connectivity index (χ0n) is 19.2. The lowest BCUT2D eigenvalue weighted by molar-refractivity contribution is 0.0244. The summed E-state index contributed by atoms with van der Waals surface area (Å²) in [7, 11) is 0. The van der Waals surface area contributed by atoms with E-state index < -0.39 is 5.60 Å². The number of aromatic nitrogens is 2. The minimum atomic E-state index is -0.539. The first kappa shape index (κ1) is 21.1. The zero-order valence-corrected chi connectivity index (χ0v) is 19.2. The monoisotopic (exact) mass is 440 g/mol. The Morgan fingerprint density at radius 1 is 0.939 bits per heavy atom. The van der Waals surface area contributed by atoms with E-state index in [1.165, 1.54) is 10.8 Å². The Balaban J connectivity index is 1.56. The van der Waals surface area contributed by atoms with Gasteiger partial charge in [0.05, 0.1) is 12.9 Å². The first-order chi connectivity index (χ1) is 15.9. The molecule has 0 N–H and O–H groups in total. The zero-order chi connectivity index (χ0) is 23.0. The molecule has 4 aromatic rings. The number of hydrogen-bond donors (Lipinski definition) is 0. The molecule has 1 amide bonds. The van der Waals surface area contributed by atoms with Gasteiger partial charge in [-0.05, 0) is 67.4 Å². The molecule has 168 valence electrons. The third kappa shape index (κ3) is 4.42. The Kier molecular flexibility index (Phi) is 5.29. The van der Waals surface area contributed by atoms with Crippen molar-refractivity contribution in [1.82, 2.24) is 14.5 Å². The largest absolute Gasteiger partial charge is 0.444 e. The summed E-state index contributed by atoms with van der Waals surface area (Å²) in [5.41, 5.74) is 3.74. The molecule has 33 heavy (non-hydrogen) atoms. The van der Waals surface area contributed by atoms with Crippen LogP contribution in [0, 0.1) is 0 Å². The van der Waals surface area contributed by atoms with Crippen LogP contribution in [0.25, 0.3) is 16.5 Å². The normalized spacial score (nSPS) is 14.2. The summed E-state index contributed by atoms with van der Waals surface area (Å²) in [6, 6.07) is 21.3. The Labute approximate surface area is 194 Å². The van der Waals surface area contributed by atoms with Crippen LogP contribution < -0.4 is 4.90 Å². The minimum absolute atomic E-state index is 0.290. The van der Waals surface area contributed by atoms with E-state index >= 15 is 0 Å². The number of anilines is 2. The summed E-state index contributed by atoms with van der Waals surface area (Å²) in [4.78, 5) is 21.2. The van der Waals surface area contributed by atoms with Gasteiger partial charge in [0.1, 0.15) is 5.60 Å². The van der Waals surface area contributed by atoms with Gasteiger partial charge in [-0.1, -0.05) is 30.3 Å². The maximum atomic E-state index is 13.0. The van der Waals surface area contributed by atoms with Crippen LogP contribution in [0.5, 0.6) is 0 Å². The van der Waals surface area contributed by atoms with Crippen LogP contribution in [0.15, 0.2) is 79.4 Å². The predicted molar refractivity (Wildman–Crippen MR) is 131 cm³/mol. The van der Waals surface area contributed by atoms with Gasteiger partial charge in [-0.3, -0.25) is 0 Å². The number of hydrogen-bond acceptors (Lipinski definition) is 4. The Morgan fingerprint density at radius 3 is 2.48 bits per heavy atom. The number of imidazole rings is 1. The summed E-state index contributed by atoms with van der Waals surface area (Å²) in [5, 5.41) is 2.40. The summed E-state index contributed by atoms with van der Waals surface area (Å²) < 4.78 is 7.68. The number of ether oxygens (including phenoxy) is 1. The fraction of sp³-hybridized carbons (Fsp3) is 0.259. The topological polar surface area (TPSA) is 50.6 Å². The maximum Gasteiger partial charge on any atom is 0.410 e. The summed E-state index contributed by atoms with van der Waals surface area (Å²) in [6.07, 6.45) is 5.18. The standard InChI is InChI=1S/C27H28N4O2/c1-27(2,3)33-26(32)29-14-15-31(24-9-8-20-6-4-5-7-21(20)16-24)25-11-10-23(17-22(25)18-29)30-13-12-28-19-30/h4-13,16-17,19H,14-15,18H2,1-3H3. The summed E-state index contributed by atoms with van der Waals surface area (Å²) in [6.45, 7) is 7.42. The molecule has 0 aliphatic carbocycles. The number of rotatable bonds is 2. The lowest BCUT2D eigenvalue weighted by Gasteiger charge is -2.27. The number of carbonyl (C=O) groups is 1. The molecule has 6 heteroatoms. The van der Waals surface area contributed by atoms with Gasteiger partial charge in [0.25, 0.3) is 0 Å². The number of carbonyl (C=O) groups excluding carboxylic acids is 1. The molecule has 0 saturated carbocycles. The van der Waals surface area contributed by atoms with Crippen LogP contribution in [-0.4, -0.2) is 39.2 Å². The van der Waals surface area contributed by atoms with Crippen LogP contribution in [-0.2, 0) is 11.3 Å². The molecule has 6 nitrogen and oxygen atoms in total. The first-order valence-electron chi connectivity index (χ1n) is 11.2. The Morgan fingerprint density at radius 2 is 1.73 bits per heavy atom. The van der Waals surface area contributed by atoms with Gasteiger partial charge in [-0.25, -0.2) is 9.78 Å². The lowest BCUT2D eigenvalue weighted by atomic mass is 10.1. The highest BCUT2D eigenvalue weighted by Crippen LogP contribution is 2.35. The van der Waals surface area contributed by atoms with Gasteiger partial charge in [-0.15, -0.1) is 0 Å². The van der Waals surface area contributed by atoms with Crippen molar-refractivity contribution in [3.63, 3.8) is 0 Å². The van der Waals surface area contributed by atoms with Crippen LogP contribution >= 0.6 is 0 Å². The minimum Gasteiger partial charge on any atom is -0.444 e. The number of amides is 1. The van der Waals surface area contributed by atoms with Gasteiger partial charge in [0, 0.05) is 42.5 Å². The van der Waals surface area contributed by atoms with Gasteiger partial charge in [-0.2, -0.15) is 0 Å². The molecule has 0 unspecified atom stereocenters. The molecule has 0 atom stereocenters. The first-order valence-corrected chi connectivity index (χ1v) is 11.2. The van der Waals surface area contributed by atoms with Crippen LogP contribution in [0.2, 0.25) is 0 Å². The van der Waals surface area contributed by atoms with Crippen LogP contribution in [0.4, 0.5) is 16.2 Å². The number of benzene rings is 3. The van der Waals surface area contributed by atoms with Gasteiger partial charge < -0.3 is 19.1 Å². The third-order valence-corrected chi connectivity index (χ3v) is 5.81. The van der Waals surface area contributed by atoms with Crippen molar-refractivity contribution >= 4 is 28.2 Å². The lowest BCUT2D eigenvalue weighted by Crippen LogP contribution is -2.38. The van der Waals surface area contributed by atoms with Crippen molar-refractivity contribution in [3.05, 3.63) is 84.9 Å². The predicted octanol–water partition coefficient (Wildman–Crippen LogP) is 5.91. The van der Waals surface area contributed by atoms with Crippen molar-refractivity contribution in [3.8, 4) is 5.69 Å². The van der Waals surface area contributed by atoms with Gasteiger partial charge in [0.2, 0.25) is 0 Å². The van der Waals surface area contributed by atoms with Crippen molar-refractivity contribution in [2.45, 2.75) is 32.9 Å². The van der Waals surface area contributed by atoms with Crippen molar-refractivity contribution in [2.24, 2.45) is 0 Å². The highest BCUT2D eigenvalue weighted by Gasteiger charge is 2.28. The van der Waals surface area contributed by atoms with E-state index in [2.05, 4.69) is 70.5 Å². The molecule has 0 saturated heterocycles. The molecule has 1 aromatic heterocycles. The van der Waals surface area contributed by atoms with E-state index in [-0.39, 0.29) is 6.09 Å². The van der Waals surface area contributed by atoms with Gasteiger partial charge >= 0.3 is 6.09 Å². The SMILES string of the molecule is CC(C)(C)OC(=O)N1CCN(c2ccc3ccccc3c2)c2ccc(-n3ccnc3)cc2C1. The molecule has 2 heterocycles. The summed E-state index contributed by atoms with van der Waals surface area (Å²) >= 11 is 0. The van der Waals surface area contributed by atoms with E-state index in [1.54, 1.807) is 17.4 Å². The highest BCUT2D eigenvalue weighted by atomic mass is 16.6. The fourth-order valence-electron chi connectivity index (χ4n) is 4.26. The van der Waals surface area contributed by atoms with Crippen molar-refractivity contribution in [1.29, 1.82) is 0 Å². The molecule has 0 fully saturated rings. The van der Waals surface area contributed by atoms with E-state index in [0.717, 1.165) is 22.6 Å². The maximum absolute atomic E-state index is 13.0. The van der Waals surface area contributed by atoms with Crippen molar-refractivity contribution in [2.75, 3.05) is 18.0 Å². The molecule has 0 bridgehead atoms. The third-order valence-electron chi connectivity index (χ3n) is 5.81. The second kappa shape index (κ2) is 8.28. The highest BCUT2D eigenvalue weighted by molar-refractivity contribution is 5.87. The van der Waals surface area contributed by atoms with Gasteiger partial charge in [0.15, 0.2) is 0 Å². The van der Waals surface area contributed by atoms with E-state index in [9.17, 15) is 4.79 Å². The second-order valence-corrected chi connectivity index (χ2v) is 9.37. The average Bonchev–Trinajstić information content (AvgIpc) is 3.25. The molecule has 1 aliphatic heterocycles. The molecular formula is C27H28N4O2. The smallest absolute Gasteiger partial charge is 0.410 e. The van der Waals surface area contributed by atoms with E-state index in [0.29, 0.717) is 19.6 Å². The quantitative estimate of drug-likeness (QED) is 0.389. The van der Waals surface area contributed by atoms with E-state index in [1.807, 2.05) is 31.5 Å². The molecular weight excluding hydrogens is 412 g/mol. The summed E-state index contributed by atoms with van der Waals surface area (Å²) in [5.74, 6) is 0. The average molecular weight is 441 g/mol. The number of nitrogens with zero attached hydrogens (tertiary/aromatic N) is 4. The molecule has 5 rings (SSSR count). The molecule has 1 aliphatic rings.